The molecule has 2 N–H and O–H groups in total. The predicted octanol–water partition coefficient (Wildman–Crippen LogP) is 1.59. The van der Waals surface area contributed by atoms with E-state index < -0.39 is 0 Å². The van der Waals surface area contributed by atoms with Crippen molar-refractivity contribution < 1.29 is 5.11 Å². The maximum atomic E-state index is 8.91. The van der Waals surface area contributed by atoms with Crippen LogP contribution in [-0.4, -0.2) is 17.8 Å². The first-order chi connectivity index (χ1) is 7.17. The minimum absolute atomic E-state index is 0.0793. The Balaban J connectivity index is 2.66. The Hall–Kier alpha value is -1.37. The van der Waals surface area contributed by atoms with Crippen LogP contribution in [0.3, 0.4) is 0 Å². The third-order valence-electron chi connectivity index (χ3n) is 2.35. The van der Waals surface area contributed by atoms with Gasteiger partial charge >= 0.3 is 0 Å². The Labute approximate surface area is 90.4 Å². The fraction of sp³-hybridized carbons (Fsp3) is 0.417. The zero-order chi connectivity index (χ0) is 11.3. The molecule has 0 radical (unpaired) electrons. The van der Waals surface area contributed by atoms with Gasteiger partial charge in [0.2, 0.25) is 0 Å². The molecule has 80 valence electrons. The van der Waals surface area contributed by atoms with E-state index in [9.17, 15) is 0 Å². The Bertz CT molecular complexity index is 340. The second-order valence-electron chi connectivity index (χ2n) is 3.71. The molecule has 0 fully saturated rings. The maximum Gasteiger partial charge on any atom is 0.0991 e. The van der Waals surface area contributed by atoms with Gasteiger partial charge in [0, 0.05) is 12.1 Å². The number of aliphatic hydroxyl groups excluding tert-OH is 1. The molecule has 0 aliphatic carbocycles. The number of hydrogen-bond acceptors (Lipinski definition) is 3. The molecule has 1 aromatic carbocycles. The average molecular weight is 204 g/mol. The summed E-state index contributed by atoms with van der Waals surface area (Å²) < 4.78 is 0. The first-order valence-electron chi connectivity index (χ1n) is 5.04. The third-order valence-corrected chi connectivity index (χ3v) is 2.35. The van der Waals surface area contributed by atoms with Crippen LogP contribution < -0.4 is 5.32 Å². The second-order valence-corrected chi connectivity index (χ2v) is 3.71. The highest BCUT2D eigenvalue weighted by atomic mass is 16.3. The summed E-state index contributed by atoms with van der Waals surface area (Å²) in [5.74, 6) is 0. The Morgan fingerprint density at radius 2 is 1.93 bits per heavy atom. The molecule has 0 saturated carbocycles. The molecule has 2 atom stereocenters. The SMILES string of the molecule is CC(N[C@@H](C)CO)c1ccc(C#N)cc1. The van der Waals surface area contributed by atoms with Crippen molar-refractivity contribution in [3.8, 4) is 6.07 Å². The molecule has 0 aromatic heterocycles. The molecule has 0 spiro atoms. The minimum Gasteiger partial charge on any atom is -0.395 e. The summed E-state index contributed by atoms with van der Waals surface area (Å²) in [6.45, 7) is 4.09. The van der Waals surface area contributed by atoms with Gasteiger partial charge in [-0.3, -0.25) is 0 Å². The maximum absolute atomic E-state index is 8.91. The molecule has 1 aromatic rings. The average Bonchev–Trinajstić information content (AvgIpc) is 2.29. The smallest absolute Gasteiger partial charge is 0.0991 e. The van der Waals surface area contributed by atoms with Crippen molar-refractivity contribution >= 4 is 0 Å². The number of nitrogens with zero attached hydrogens (tertiary/aromatic N) is 1. The molecule has 0 bridgehead atoms. The van der Waals surface area contributed by atoms with Crippen molar-refractivity contribution in [2.24, 2.45) is 0 Å². The molecule has 0 heterocycles. The van der Waals surface area contributed by atoms with Gasteiger partial charge in [-0.25, -0.2) is 0 Å². The molecule has 0 saturated heterocycles. The van der Waals surface area contributed by atoms with Crippen molar-refractivity contribution in [1.82, 2.24) is 5.32 Å². The quantitative estimate of drug-likeness (QED) is 0.783. The summed E-state index contributed by atoms with van der Waals surface area (Å²) >= 11 is 0. The van der Waals surface area contributed by atoms with Crippen LogP contribution in [0.4, 0.5) is 0 Å². The summed E-state index contributed by atoms with van der Waals surface area (Å²) in [7, 11) is 0. The van der Waals surface area contributed by atoms with Gasteiger partial charge in [-0.15, -0.1) is 0 Å². The fourth-order valence-electron chi connectivity index (χ4n) is 1.42. The van der Waals surface area contributed by atoms with Crippen molar-refractivity contribution in [2.75, 3.05) is 6.61 Å². The Kier molecular flexibility index (Phi) is 4.29. The topological polar surface area (TPSA) is 56.0 Å². The highest BCUT2D eigenvalue weighted by Gasteiger charge is 2.08. The molecule has 1 unspecified atom stereocenters. The normalized spacial score (nSPS) is 14.3. The van der Waals surface area contributed by atoms with Crippen LogP contribution in [0.15, 0.2) is 24.3 Å². The number of benzene rings is 1. The number of nitrogens with one attached hydrogen (secondary N) is 1. The number of rotatable bonds is 4. The summed E-state index contributed by atoms with van der Waals surface area (Å²) in [5.41, 5.74) is 1.79. The van der Waals surface area contributed by atoms with Gasteiger partial charge in [0.1, 0.15) is 0 Å². The van der Waals surface area contributed by atoms with Gasteiger partial charge < -0.3 is 10.4 Å². The van der Waals surface area contributed by atoms with Gasteiger partial charge in [0.05, 0.1) is 18.2 Å². The minimum atomic E-state index is 0.0793. The van der Waals surface area contributed by atoms with Gasteiger partial charge in [-0.05, 0) is 31.5 Å². The Morgan fingerprint density at radius 1 is 1.33 bits per heavy atom. The summed E-state index contributed by atoms with van der Waals surface area (Å²) in [4.78, 5) is 0. The fourth-order valence-corrected chi connectivity index (χ4v) is 1.42. The van der Waals surface area contributed by atoms with Crippen LogP contribution in [0.2, 0.25) is 0 Å². The number of hydrogen-bond donors (Lipinski definition) is 2. The lowest BCUT2D eigenvalue weighted by Gasteiger charge is -2.18. The van der Waals surface area contributed by atoms with E-state index in [2.05, 4.69) is 11.4 Å². The number of aliphatic hydroxyl groups is 1. The van der Waals surface area contributed by atoms with Crippen LogP contribution >= 0.6 is 0 Å². The summed E-state index contributed by atoms with van der Waals surface area (Å²) in [6.07, 6.45) is 0. The first-order valence-corrected chi connectivity index (χ1v) is 5.04. The first kappa shape index (κ1) is 11.7. The molecule has 0 aliphatic rings. The van der Waals surface area contributed by atoms with Crippen LogP contribution in [0.5, 0.6) is 0 Å². The van der Waals surface area contributed by atoms with Gasteiger partial charge in [-0.1, -0.05) is 12.1 Å². The molecule has 1 rings (SSSR count). The van der Waals surface area contributed by atoms with Crippen molar-refractivity contribution in [3.05, 3.63) is 35.4 Å². The van der Waals surface area contributed by atoms with Gasteiger partial charge in [0.15, 0.2) is 0 Å². The molecular weight excluding hydrogens is 188 g/mol. The van der Waals surface area contributed by atoms with E-state index in [4.69, 9.17) is 10.4 Å². The monoisotopic (exact) mass is 204 g/mol. The van der Waals surface area contributed by atoms with Crippen molar-refractivity contribution in [1.29, 1.82) is 5.26 Å². The lowest BCUT2D eigenvalue weighted by molar-refractivity contribution is 0.243. The standard InChI is InChI=1S/C12H16N2O/c1-9(8-15)14-10(2)12-5-3-11(7-13)4-6-12/h3-6,9-10,14-15H,8H2,1-2H3/t9-,10?/m0/s1. The second kappa shape index (κ2) is 5.50. The predicted molar refractivity (Wildman–Crippen MR) is 59.3 cm³/mol. The lowest BCUT2D eigenvalue weighted by Crippen LogP contribution is -2.31. The third kappa shape index (κ3) is 3.35. The molecule has 0 aliphatic heterocycles. The largest absolute Gasteiger partial charge is 0.395 e. The summed E-state index contributed by atoms with van der Waals surface area (Å²) in [6, 6.07) is 9.81. The van der Waals surface area contributed by atoms with Crippen molar-refractivity contribution in [3.63, 3.8) is 0 Å². The van der Waals surface area contributed by atoms with E-state index in [1.165, 1.54) is 0 Å². The highest BCUT2D eigenvalue weighted by Crippen LogP contribution is 2.13. The molecule has 3 nitrogen and oxygen atoms in total. The van der Waals surface area contributed by atoms with E-state index in [0.29, 0.717) is 5.56 Å². The highest BCUT2D eigenvalue weighted by molar-refractivity contribution is 5.32. The van der Waals surface area contributed by atoms with E-state index in [1.807, 2.05) is 26.0 Å². The molecule has 3 heteroatoms. The zero-order valence-electron chi connectivity index (χ0n) is 9.07. The lowest BCUT2D eigenvalue weighted by atomic mass is 10.1. The van der Waals surface area contributed by atoms with Crippen LogP contribution in [0, 0.1) is 11.3 Å². The zero-order valence-corrected chi connectivity index (χ0v) is 9.07. The van der Waals surface area contributed by atoms with E-state index in [-0.39, 0.29) is 18.7 Å². The summed E-state index contributed by atoms with van der Waals surface area (Å²) in [5, 5.41) is 20.8. The van der Waals surface area contributed by atoms with E-state index in [1.54, 1.807) is 12.1 Å². The van der Waals surface area contributed by atoms with E-state index in [0.717, 1.165) is 5.56 Å². The van der Waals surface area contributed by atoms with Crippen LogP contribution in [0.1, 0.15) is 31.0 Å². The number of nitriles is 1. The Morgan fingerprint density at radius 3 is 2.40 bits per heavy atom. The van der Waals surface area contributed by atoms with Crippen LogP contribution in [0.25, 0.3) is 0 Å². The van der Waals surface area contributed by atoms with Crippen LogP contribution in [-0.2, 0) is 0 Å². The van der Waals surface area contributed by atoms with Gasteiger partial charge in [-0.2, -0.15) is 5.26 Å². The van der Waals surface area contributed by atoms with E-state index >= 15 is 0 Å². The molecular formula is C12H16N2O. The molecule has 15 heavy (non-hydrogen) atoms. The van der Waals surface area contributed by atoms with Gasteiger partial charge in [0.25, 0.3) is 0 Å². The van der Waals surface area contributed by atoms with Crippen molar-refractivity contribution in [2.45, 2.75) is 25.9 Å². The molecule has 0 amide bonds.